The Bertz CT molecular complexity index is 1220. The maximum Gasteiger partial charge on any atom is 0.139 e. The van der Waals surface area contributed by atoms with Crippen molar-refractivity contribution in [2.75, 3.05) is 7.11 Å². The molecule has 0 bridgehead atoms. The van der Waals surface area contributed by atoms with Crippen LogP contribution in [0.15, 0.2) is 84.9 Å². The fourth-order valence-corrected chi connectivity index (χ4v) is 3.53. The fraction of sp³-hybridized carbons (Fsp3) is 0.0417. The fourth-order valence-electron chi connectivity index (χ4n) is 3.53. The number of nitrogens with zero attached hydrogens (tertiary/aromatic N) is 1. The van der Waals surface area contributed by atoms with Gasteiger partial charge in [0.2, 0.25) is 0 Å². The molecule has 3 heteroatoms. The Balaban J connectivity index is 1.62. The van der Waals surface area contributed by atoms with Gasteiger partial charge in [-0.05, 0) is 52.2 Å². The summed E-state index contributed by atoms with van der Waals surface area (Å²) in [5.74, 6) is 1.77. The predicted octanol–water partition coefficient (Wildman–Crippen LogP) is 6.06. The SMILES string of the molecule is COc1ccc(-c2ccc3c(-c4nc5ccccc5[nH]4)cccc3c2)cc1. The van der Waals surface area contributed by atoms with Gasteiger partial charge in [-0.15, -0.1) is 0 Å². The molecule has 0 spiro atoms. The number of aromatic amines is 1. The summed E-state index contributed by atoms with van der Waals surface area (Å²) in [5, 5.41) is 2.38. The van der Waals surface area contributed by atoms with E-state index in [-0.39, 0.29) is 0 Å². The lowest BCUT2D eigenvalue weighted by Crippen LogP contribution is -1.86. The molecule has 0 fully saturated rings. The highest BCUT2D eigenvalue weighted by Gasteiger charge is 2.09. The number of methoxy groups -OCH3 is 1. The van der Waals surface area contributed by atoms with Crippen LogP contribution in [0.3, 0.4) is 0 Å². The Labute approximate surface area is 157 Å². The van der Waals surface area contributed by atoms with Gasteiger partial charge in [0.05, 0.1) is 18.1 Å². The molecule has 1 N–H and O–H groups in total. The van der Waals surface area contributed by atoms with Crippen molar-refractivity contribution in [3.05, 3.63) is 84.9 Å². The molecule has 0 amide bonds. The van der Waals surface area contributed by atoms with Crippen LogP contribution in [0, 0.1) is 0 Å². The lowest BCUT2D eigenvalue weighted by molar-refractivity contribution is 0.415. The van der Waals surface area contributed by atoms with Crippen LogP contribution in [0.5, 0.6) is 5.75 Å². The summed E-state index contributed by atoms with van der Waals surface area (Å²) in [6.45, 7) is 0. The van der Waals surface area contributed by atoms with Gasteiger partial charge in [-0.25, -0.2) is 4.98 Å². The number of benzene rings is 4. The lowest BCUT2D eigenvalue weighted by atomic mass is 9.98. The van der Waals surface area contributed by atoms with Crippen molar-refractivity contribution in [2.45, 2.75) is 0 Å². The molecule has 4 aromatic carbocycles. The van der Waals surface area contributed by atoms with Crippen LogP contribution in [0.1, 0.15) is 0 Å². The van der Waals surface area contributed by atoms with Crippen molar-refractivity contribution in [2.24, 2.45) is 0 Å². The molecule has 0 aliphatic heterocycles. The van der Waals surface area contributed by atoms with Gasteiger partial charge in [-0.1, -0.05) is 54.6 Å². The van der Waals surface area contributed by atoms with Gasteiger partial charge in [0.1, 0.15) is 11.6 Å². The lowest BCUT2D eigenvalue weighted by Gasteiger charge is -2.08. The second kappa shape index (κ2) is 6.29. The maximum absolute atomic E-state index is 5.25. The van der Waals surface area contributed by atoms with E-state index in [1.165, 1.54) is 21.9 Å². The standard InChI is InChI=1S/C24H18N2O/c1-27-19-12-9-16(10-13-19)17-11-14-20-18(15-17)5-4-6-21(20)24-25-22-7-2-3-8-23(22)26-24/h2-15H,1H3,(H,25,26). The first-order chi connectivity index (χ1) is 13.3. The van der Waals surface area contributed by atoms with Crippen LogP contribution >= 0.6 is 0 Å². The van der Waals surface area contributed by atoms with E-state index < -0.39 is 0 Å². The van der Waals surface area contributed by atoms with Crippen molar-refractivity contribution >= 4 is 21.8 Å². The van der Waals surface area contributed by atoms with Gasteiger partial charge in [-0.2, -0.15) is 0 Å². The normalized spacial score (nSPS) is 11.1. The van der Waals surface area contributed by atoms with Crippen molar-refractivity contribution in [3.8, 4) is 28.3 Å². The molecule has 1 aromatic heterocycles. The van der Waals surface area contributed by atoms with Gasteiger partial charge in [0.15, 0.2) is 0 Å². The smallest absolute Gasteiger partial charge is 0.139 e. The van der Waals surface area contributed by atoms with Gasteiger partial charge < -0.3 is 9.72 Å². The summed E-state index contributed by atoms with van der Waals surface area (Å²) in [5.41, 5.74) is 5.52. The van der Waals surface area contributed by atoms with Crippen LogP contribution in [0.2, 0.25) is 0 Å². The number of para-hydroxylation sites is 2. The number of ether oxygens (including phenoxy) is 1. The molecule has 0 aliphatic carbocycles. The largest absolute Gasteiger partial charge is 0.497 e. The summed E-state index contributed by atoms with van der Waals surface area (Å²) in [6.07, 6.45) is 0. The number of aromatic nitrogens is 2. The van der Waals surface area contributed by atoms with Gasteiger partial charge in [-0.3, -0.25) is 0 Å². The zero-order valence-corrected chi connectivity index (χ0v) is 14.9. The van der Waals surface area contributed by atoms with Crippen molar-refractivity contribution in [1.29, 1.82) is 0 Å². The number of imidazole rings is 1. The van der Waals surface area contributed by atoms with Gasteiger partial charge in [0, 0.05) is 5.56 Å². The van der Waals surface area contributed by atoms with E-state index in [2.05, 4.69) is 59.6 Å². The molecule has 27 heavy (non-hydrogen) atoms. The molecule has 0 aliphatic rings. The zero-order chi connectivity index (χ0) is 18.2. The highest BCUT2D eigenvalue weighted by Crippen LogP contribution is 2.32. The number of hydrogen-bond donors (Lipinski definition) is 1. The molecular formula is C24H18N2O. The number of fused-ring (bicyclic) bond motifs is 2. The third-order valence-electron chi connectivity index (χ3n) is 4.95. The molecule has 0 saturated carbocycles. The number of nitrogens with one attached hydrogen (secondary N) is 1. The van der Waals surface area contributed by atoms with E-state index in [4.69, 9.17) is 9.72 Å². The third-order valence-corrected chi connectivity index (χ3v) is 4.95. The topological polar surface area (TPSA) is 37.9 Å². The van der Waals surface area contributed by atoms with Gasteiger partial charge in [0.25, 0.3) is 0 Å². The quantitative estimate of drug-likeness (QED) is 0.429. The molecule has 3 nitrogen and oxygen atoms in total. The van der Waals surface area contributed by atoms with E-state index in [9.17, 15) is 0 Å². The Kier molecular flexibility index (Phi) is 3.65. The van der Waals surface area contributed by atoms with E-state index in [1.807, 2.05) is 30.3 Å². The molecule has 130 valence electrons. The van der Waals surface area contributed by atoms with E-state index >= 15 is 0 Å². The average Bonchev–Trinajstić information content (AvgIpc) is 3.17. The van der Waals surface area contributed by atoms with E-state index in [1.54, 1.807) is 7.11 Å². The van der Waals surface area contributed by atoms with Crippen molar-refractivity contribution in [3.63, 3.8) is 0 Å². The summed E-state index contributed by atoms with van der Waals surface area (Å²) in [7, 11) is 1.69. The minimum atomic E-state index is 0.867. The number of hydrogen-bond acceptors (Lipinski definition) is 2. The minimum Gasteiger partial charge on any atom is -0.497 e. The summed E-state index contributed by atoms with van der Waals surface area (Å²) in [4.78, 5) is 8.20. The Morgan fingerprint density at radius 3 is 2.41 bits per heavy atom. The van der Waals surface area contributed by atoms with E-state index in [0.29, 0.717) is 0 Å². The first-order valence-corrected chi connectivity index (χ1v) is 8.94. The highest BCUT2D eigenvalue weighted by atomic mass is 16.5. The monoisotopic (exact) mass is 350 g/mol. The Morgan fingerprint density at radius 2 is 1.59 bits per heavy atom. The molecular weight excluding hydrogens is 332 g/mol. The number of rotatable bonds is 3. The molecule has 0 radical (unpaired) electrons. The first kappa shape index (κ1) is 15.6. The van der Waals surface area contributed by atoms with Crippen LogP contribution in [-0.4, -0.2) is 17.1 Å². The summed E-state index contributed by atoms with van der Waals surface area (Å²) >= 11 is 0. The molecule has 1 heterocycles. The molecule has 0 saturated heterocycles. The summed E-state index contributed by atoms with van der Waals surface area (Å²) in [6, 6.07) is 29.2. The highest BCUT2D eigenvalue weighted by molar-refractivity contribution is 5.98. The minimum absolute atomic E-state index is 0.867. The molecule has 5 aromatic rings. The van der Waals surface area contributed by atoms with Crippen molar-refractivity contribution in [1.82, 2.24) is 9.97 Å². The van der Waals surface area contributed by atoms with Crippen LogP contribution in [0.25, 0.3) is 44.3 Å². The predicted molar refractivity (Wildman–Crippen MR) is 111 cm³/mol. The van der Waals surface area contributed by atoms with Crippen LogP contribution in [-0.2, 0) is 0 Å². The second-order valence-corrected chi connectivity index (χ2v) is 6.57. The third kappa shape index (κ3) is 2.74. The zero-order valence-electron chi connectivity index (χ0n) is 14.9. The maximum atomic E-state index is 5.25. The average molecular weight is 350 g/mol. The Hall–Kier alpha value is -3.59. The summed E-state index contributed by atoms with van der Waals surface area (Å²) < 4.78 is 5.25. The first-order valence-electron chi connectivity index (χ1n) is 8.94. The van der Waals surface area contributed by atoms with Crippen LogP contribution < -0.4 is 4.74 Å². The number of H-pyrrole nitrogens is 1. The van der Waals surface area contributed by atoms with E-state index in [0.717, 1.165) is 28.2 Å². The molecule has 0 unspecified atom stereocenters. The molecule has 5 rings (SSSR count). The van der Waals surface area contributed by atoms with Crippen molar-refractivity contribution < 1.29 is 4.74 Å². The van der Waals surface area contributed by atoms with Crippen LogP contribution in [0.4, 0.5) is 0 Å². The second-order valence-electron chi connectivity index (χ2n) is 6.57. The Morgan fingerprint density at radius 1 is 0.778 bits per heavy atom. The van der Waals surface area contributed by atoms with Gasteiger partial charge >= 0.3 is 0 Å². The molecule has 0 atom stereocenters.